The molecule has 0 aliphatic heterocycles. The van der Waals surface area contributed by atoms with E-state index in [1.807, 2.05) is 33.8 Å². The molecule has 1 N–H and O–H groups in total. The Morgan fingerprint density at radius 2 is 2.22 bits per heavy atom. The first-order valence-electron chi connectivity index (χ1n) is 8.66. The van der Waals surface area contributed by atoms with Crippen LogP contribution in [-0.2, 0) is 27.6 Å². The summed E-state index contributed by atoms with van der Waals surface area (Å²) in [6.07, 6.45) is 9.95. The van der Waals surface area contributed by atoms with Crippen molar-refractivity contribution >= 4 is 12.2 Å². The van der Waals surface area contributed by atoms with Crippen LogP contribution in [0.5, 0.6) is 5.88 Å². The summed E-state index contributed by atoms with van der Waals surface area (Å²) in [7, 11) is 0. The van der Waals surface area contributed by atoms with Gasteiger partial charge in [0.1, 0.15) is 6.61 Å². The molecule has 8 nitrogen and oxygen atoms in total. The van der Waals surface area contributed by atoms with Crippen molar-refractivity contribution in [1.29, 1.82) is 0 Å². The van der Waals surface area contributed by atoms with E-state index >= 15 is 0 Å². The molecule has 0 aromatic carbocycles. The summed E-state index contributed by atoms with van der Waals surface area (Å²) in [5, 5.41) is 13.6. The molecule has 0 radical (unpaired) electrons. The summed E-state index contributed by atoms with van der Waals surface area (Å²) in [4.78, 5) is 29.5. The molecule has 2 atom stereocenters. The highest BCUT2D eigenvalue weighted by molar-refractivity contribution is 5.81. The standard InChI is InChI=1S/C19H25N3O5/c1-6-8-21-11-15(23)22(18(21)25)12-26-17(24)16-14(19(16,4)5)9-13(3)10-20-27-7-2/h1,9-11,14,16,23H,7-8,12H2,2-5H3. The number of terminal acetylenes is 1. The minimum absolute atomic E-state index is 0.00515. The van der Waals surface area contributed by atoms with E-state index < -0.39 is 11.7 Å². The molecule has 1 aliphatic carbocycles. The van der Waals surface area contributed by atoms with Crippen LogP contribution in [0, 0.1) is 29.6 Å². The van der Waals surface area contributed by atoms with E-state index in [-0.39, 0.29) is 36.4 Å². The second-order valence-electron chi connectivity index (χ2n) is 7.01. The summed E-state index contributed by atoms with van der Waals surface area (Å²) in [6, 6.07) is 0. The van der Waals surface area contributed by atoms with Gasteiger partial charge in [-0.1, -0.05) is 31.0 Å². The summed E-state index contributed by atoms with van der Waals surface area (Å²) < 4.78 is 7.38. The Morgan fingerprint density at radius 1 is 1.52 bits per heavy atom. The van der Waals surface area contributed by atoms with Crippen molar-refractivity contribution in [2.24, 2.45) is 22.4 Å². The van der Waals surface area contributed by atoms with Crippen molar-refractivity contribution in [2.45, 2.75) is 41.0 Å². The summed E-state index contributed by atoms with van der Waals surface area (Å²) in [6.45, 7) is 7.82. The van der Waals surface area contributed by atoms with E-state index in [1.165, 1.54) is 6.20 Å². The molecule has 1 aliphatic rings. The molecule has 1 aromatic rings. The third kappa shape index (κ3) is 4.42. The third-order valence-electron chi connectivity index (χ3n) is 4.69. The fourth-order valence-corrected chi connectivity index (χ4v) is 3.03. The number of esters is 1. The topological polar surface area (TPSA) is 95.1 Å². The zero-order valence-corrected chi connectivity index (χ0v) is 16.0. The molecule has 146 valence electrons. The number of allylic oxidation sites excluding steroid dienone is 2. The van der Waals surface area contributed by atoms with Crippen LogP contribution >= 0.6 is 0 Å². The summed E-state index contributed by atoms with van der Waals surface area (Å²) >= 11 is 0. The van der Waals surface area contributed by atoms with E-state index in [2.05, 4.69) is 11.1 Å². The first-order chi connectivity index (χ1) is 12.7. The first kappa shape index (κ1) is 20.4. The number of oxime groups is 1. The maximum Gasteiger partial charge on any atom is 0.334 e. The van der Waals surface area contributed by atoms with Crippen molar-refractivity contribution in [2.75, 3.05) is 6.61 Å². The van der Waals surface area contributed by atoms with Gasteiger partial charge in [-0.25, -0.2) is 9.36 Å². The Kier molecular flexibility index (Phi) is 6.16. The number of nitrogens with zero attached hydrogens (tertiary/aromatic N) is 3. The van der Waals surface area contributed by atoms with Crippen LogP contribution in [0.3, 0.4) is 0 Å². The Morgan fingerprint density at radius 3 is 2.85 bits per heavy atom. The van der Waals surface area contributed by atoms with Crippen LogP contribution in [0.2, 0.25) is 0 Å². The van der Waals surface area contributed by atoms with Crippen LogP contribution in [0.1, 0.15) is 27.7 Å². The predicted octanol–water partition coefficient (Wildman–Crippen LogP) is 1.73. The van der Waals surface area contributed by atoms with E-state index in [4.69, 9.17) is 16.0 Å². The number of carbonyl (C=O) groups is 1. The normalized spacial score (nSPS) is 21.1. The molecule has 0 spiro atoms. The number of aromatic nitrogens is 2. The Bertz CT molecular complexity index is 854. The molecule has 0 bridgehead atoms. The van der Waals surface area contributed by atoms with Crippen LogP contribution in [-0.4, -0.2) is 33.0 Å². The van der Waals surface area contributed by atoms with E-state index in [9.17, 15) is 14.7 Å². The lowest BCUT2D eigenvalue weighted by atomic mass is 10.1. The molecular weight excluding hydrogens is 350 g/mol. The molecule has 0 amide bonds. The lowest BCUT2D eigenvalue weighted by Gasteiger charge is -2.06. The van der Waals surface area contributed by atoms with Gasteiger partial charge in [-0.3, -0.25) is 9.36 Å². The lowest BCUT2D eigenvalue weighted by molar-refractivity contribution is -0.150. The Hall–Kier alpha value is -2.95. The molecular formula is C19H25N3O5. The van der Waals surface area contributed by atoms with Gasteiger partial charge in [0.25, 0.3) is 0 Å². The molecule has 1 fully saturated rings. The van der Waals surface area contributed by atoms with E-state index in [1.54, 1.807) is 6.21 Å². The molecule has 2 unspecified atom stereocenters. The number of rotatable bonds is 8. The second-order valence-corrected chi connectivity index (χ2v) is 7.01. The third-order valence-corrected chi connectivity index (χ3v) is 4.69. The average Bonchev–Trinajstić information content (AvgIpc) is 3.02. The number of hydrogen-bond acceptors (Lipinski definition) is 6. The van der Waals surface area contributed by atoms with Gasteiger partial charge in [-0.05, 0) is 30.8 Å². The number of hydrogen-bond donors (Lipinski definition) is 1. The SMILES string of the molecule is C#CCn1cc(O)n(COC(=O)C2C(C=C(C)C=NOCC)C2(C)C)c1=O. The Labute approximate surface area is 158 Å². The van der Waals surface area contributed by atoms with Crippen molar-refractivity contribution < 1.29 is 19.5 Å². The average molecular weight is 375 g/mol. The first-order valence-corrected chi connectivity index (χ1v) is 8.66. The van der Waals surface area contributed by atoms with Crippen molar-refractivity contribution in [3.63, 3.8) is 0 Å². The second kappa shape index (κ2) is 8.16. The Balaban J connectivity index is 2.02. The van der Waals surface area contributed by atoms with Crippen molar-refractivity contribution in [1.82, 2.24) is 9.13 Å². The maximum absolute atomic E-state index is 12.5. The van der Waals surface area contributed by atoms with E-state index in [0.717, 1.165) is 14.7 Å². The highest BCUT2D eigenvalue weighted by Gasteiger charge is 2.61. The number of ether oxygens (including phenoxy) is 1. The van der Waals surface area contributed by atoms with Gasteiger partial charge >= 0.3 is 11.7 Å². The van der Waals surface area contributed by atoms with Gasteiger partial charge < -0.3 is 14.7 Å². The van der Waals surface area contributed by atoms with Crippen LogP contribution in [0.4, 0.5) is 0 Å². The maximum atomic E-state index is 12.5. The van der Waals surface area contributed by atoms with Crippen LogP contribution in [0.15, 0.2) is 27.8 Å². The van der Waals surface area contributed by atoms with Gasteiger partial charge in [0, 0.05) is 0 Å². The minimum Gasteiger partial charge on any atom is -0.493 e. The highest BCUT2D eigenvalue weighted by atomic mass is 16.6. The largest absolute Gasteiger partial charge is 0.493 e. The quantitative estimate of drug-likeness (QED) is 0.323. The van der Waals surface area contributed by atoms with Crippen molar-refractivity contribution in [3.8, 4) is 18.2 Å². The molecule has 1 saturated carbocycles. The lowest BCUT2D eigenvalue weighted by Crippen LogP contribution is -2.26. The minimum atomic E-state index is -0.535. The number of carbonyl (C=O) groups excluding carboxylic acids is 1. The summed E-state index contributed by atoms with van der Waals surface area (Å²) in [5.74, 6) is 1.24. The van der Waals surface area contributed by atoms with Crippen LogP contribution in [0.25, 0.3) is 0 Å². The highest BCUT2D eigenvalue weighted by Crippen LogP contribution is 2.59. The molecule has 27 heavy (non-hydrogen) atoms. The van der Waals surface area contributed by atoms with Gasteiger partial charge in [0.15, 0.2) is 6.73 Å². The fraction of sp³-hybridized carbons (Fsp3) is 0.526. The number of imidazole rings is 1. The molecule has 0 saturated heterocycles. The van der Waals surface area contributed by atoms with Crippen molar-refractivity contribution in [3.05, 3.63) is 28.3 Å². The fourth-order valence-electron chi connectivity index (χ4n) is 3.03. The zero-order chi connectivity index (χ0) is 20.2. The molecule has 2 rings (SSSR count). The zero-order valence-electron chi connectivity index (χ0n) is 16.0. The molecule has 8 heteroatoms. The summed E-state index contributed by atoms with van der Waals surface area (Å²) in [5.41, 5.74) is 0.0880. The number of aromatic hydroxyl groups is 1. The van der Waals surface area contributed by atoms with Gasteiger partial charge in [0.2, 0.25) is 5.88 Å². The van der Waals surface area contributed by atoms with Gasteiger partial charge in [-0.15, -0.1) is 6.42 Å². The molecule has 1 aromatic heterocycles. The smallest absolute Gasteiger partial charge is 0.334 e. The van der Waals surface area contributed by atoms with E-state index in [0.29, 0.717) is 6.61 Å². The van der Waals surface area contributed by atoms with Crippen LogP contribution < -0.4 is 5.69 Å². The van der Waals surface area contributed by atoms with Gasteiger partial charge in [0.05, 0.1) is 24.9 Å². The van der Waals surface area contributed by atoms with Gasteiger partial charge in [-0.2, -0.15) is 0 Å². The predicted molar refractivity (Wildman–Crippen MR) is 99.9 cm³/mol. The monoisotopic (exact) mass is 375 g/mol. The molecule has 1 heterocycles.